The second-order valence-corrected chi connectivity index (χ2v) is 4.75. The largest absolute Gasteiger partial charge is 0.480 e. The number of aliphatic carboxylic acids is 1. The van der Waals surface area contributed by atoms with E-state index in [-0.39, 0.29) is 6.42 Å². The Hall–Kier alpha value is -2.14. The first-order valence-corrected chi connectivity index (χ1v) is 6.18. The van der Waals surface area contributed by atoms with Crippen molar-refractivity contribution in [2.75, 3.05) is 11.4 Å². The Balaban J connectivity index is 2.11. The van der Waals surface area contributed by atoms with Gasteiger partial charge in [-0.2, -0.15) is 0 Å². The average Bonchev–Trinajstić information content (AvgIpc) is 2.80. The fourth-order valence-corrected chi connectivity index (χ4v) is 2.61. The van der Waals surface area contributed by atoms with Crippen LogP contribution in [0.5, 0.6) is 0 Å². The van der Waals surface area contributed by atoms with Crippen molar-refractivity contribution in [3.63, 3.8) is 0 Å². The summed E-state index contributed by atoms with van der Waals surface area (Å²) in [5.41, 5.74) is 0. The molecule has 2 unspecified atom stereocenters. The number of hydrogen-bond acceptors (Lipinski definition) is 4. The number of anilines is 1. The molecule has 5 nitrogen and oxygen atoms in total. The van der Waals surface area contributed by atoms with Crippen molar-refractivity contribution in [2.24, 2.45) is 0 Å². The fraction of sp³-hybridized carbons (Fsp3) is 0.286. The van der Waals surface area contributed by atoms with Gasteiger partial charge < -0.3 is 15.1 Å². The van der Waals surface area contributed by atoms with Gasteiger partial charge in [0, 0.05) is 24.5 Å². The number of pyridine rings is 1. The maximum Gasteiger partial charge on any atom is 0.326 e. The fourth-order valence-electron chi connectivity index (χ4n) is 2.61. The number of hydrogen-bond donors (Lipinski definition) is 2. The number of benzene rings is 1. The predicted molar refractivity (Wildman–Crippen MR) is 71.1 cm³/mol. The number of aliphatic hydroxyl groups excluding tert-OH is 1. The minimum absolute atomic E-state index is 0.236. The number of rotatable bonds is 2. The second-order valence-electron chi connectivity index (χ2n) is 4.75. The molecule has 5 heteroatoms. The van der Waals surface area contributed by atoms with Gasteiger partial charge in [-0.1, -0.05) is 24.3 Å². The number of carboxylic acid groups (broad SMARTS) is 1. The van der Waals surface area contributed by atoms with Crippen molar-refractivity contribution in [3.05, 3.63) is 36.5 Å². The van der Waals surface area contributed by atoms with Crippen LogP contribution in [0.4, 0.5) is 5.82 Å². The average molecular weight is 258 g/mol. The highest BCUT2D eigenvalue weighted by Crippen LogP contribution is 2.30. The van der Waals surface area contributed by atoms with E-state index in [1.54, 1.807) is 11.1 Å². The smallest absolute Gasteiger partial charge is 0.326 e. The van der Waals surface area contributed by atoms with E-state index in [1.165, 1.54) is 0 Å². The molecule has 1 aliphatic rings. The van der Waals surface area contributed by atoms with E-state index in [9.17, 15) is 15.0 Å². The van der Waals surface area contributed by atoms with Gasteiger partial charge in [0.25, 0.3) is 0 Å². The van der Waals surface area contributed by atoms with Crippen LogP contribution in [-0.2, 0) is 4.79 Å². The second kappa shape index (κ2) is 4.51. The highest BCUT2D eigenvalue weighted by Gasteiger charge is 2.37. The molecule has 1 aromatic carbocycles. The van der Waals surface area contributed by atoms with Crippen molar-refractivity contribution >= 4 is 22.6 Å². The van der Waals surface area contributed by atoms with E-state index in [1.807, 2.05) is 30.3 Å². The van der Waals surface area contributed by atoms with E-state index in [2.05, 4.69) is 4.98 Å². The lowest BCUT2D eigenvalue weighted by Gasteiger charge is -2.23. The normalized spacial score (nSPS) is 22.9. The van der Waals surface area contributed by atoms with E-state index in [0.29, 0.717) is 12.4 Å². The Morgan fingerprint density at radius 2 is 2.11 bits per heavy atom. The third kappa shape index (κ3) is 2.02. The zero-order valence-corrected chi connectivity index (χ0v) is 10.2. The van der Waals surface area contributed by atoms with Crippen LogP contribution in [0.1, 0.15) is 6.42 Å². The minimum Gasteiger partial charge on any atom is -0.480 e. The van der Waals surface area contributed by atoms with Crippen LogP contribution in [0.15, 0.2) is 36.5 Å². The lowest BCUT2D eigenvalue weighted by molar-refractivity contribution is -0.138. The number of aliphatic hydroxyl groups is 1. The van der Waals surface area contributed by atoms with Crippen molar-refractivity contribution in [1.29, 1.82) is 0 Å². The van der Waals surface area contributed by atoms with Gasteiger partial charge in [0.2, 0.25) is 0 Å². The summed E-state index contributed by atoms with van der Waals surface area (Å²) in [6.45, 7) is 0.304. The van der Waals surface area contributed by atoms with Gasteiger partial charge in [0.1, 0.15) is 11.9 Å². The Morgan fingerprint density at radius 1 is 1.32 bits per heavy atom. The third-order valence-electron chi connectivity index (χ3n) is 3.49. The number of carbonyl (C=O) groups is 1. The minimum atomic E-state index is -0.925. The molecule has 2 N–H and O–H groups in total. The van der Waals surface area contributed by atoms with Gasteiger partial charge in [0.05, 0.1) is 6.10 Å². The molecule has 1 fully saturated rings. The SMILES string of the molecule is O=C(O)C1CC(O)CN1c1nccc2ccccc12. The summed E-state index contributed by atoms with van der Waals surface area (Å²) >= 11 is 0. The molecule has 0 radical (unpaired) electrons. The first kappa shape index (κ1) is 11.9. The molecule has 3 rings (SSSR count). The quantitative estimate of drug-likeness (QED) is 0.848. The molecule has 0 saturated carbocycles. The topological polar surface area (TPSA) is 73.7 Å². The van der Waals surface area contributed by atoms with Crippen molar-refractivity contribution in [2.45, 2.75) is 18.6 Å². The molecule has 98 valence electrons. The van der Waals surface area contributed by atoms with Crippen LogP contribution in [0.25, 0.3) is 10.8 Å². The first-order valence-electron chi connectivity index (χ1n) is 6.18. The van der Waals surface area contributed by atoms with Gasteiger partial charge in [-0.05, 0) is 11.5 Å². The highest BCUT2D eigenvalue weighted by atomic mass is 16.4. The molecule has 19 heavy (non-hydrogen) atoms. The molecule has 2 heterocycles. The van der Waals surface area contributed by atoms with E-state index < -0.39 is 18.1 Å². The lowest BCUT2D eigenvalue weighted by Crippen LogP contribution is -2.36. The first-order chi connectivity index (χ1) is 9.16. The lowest BCUT2D eigenvalue weighted by atomic mass is 10.1. The monoisotopic (exact) mass is 258 g/mol. The van der Waals surface area contributed by atoms with Crippen LogP contribution in [0.2, 0.25) is 0 Å². The maximum absolute atomic E-state index is 11.3. The summed E-state index contributed by atoms with van der Waals surface area (Å²) in [7, 11) is 0. The number of fused-ring (bicyclic) bond motifs is 1. The Labute approximate surface area is 110 Å². The summed E-state index contributed by atoms with van der Waals surface area (Å²) in [6.07, 6.45) is 1.28. The maximum atomic E-state index is 11.3. The van der Waals surface area contributed by atoms with Crippen LogP contribution in [0, 0.1) is 0 Å². The zero-order valence-electron chi connectivity index (χ0n) is 10.2. The Morgan fingerprint density at radius 3 is 2.89 bits per heavy atom. The number of β-amino-alcohol motifs (C(OH)–C–C–N with tert-alkyl or cyclic N) is 1. The molecule has 2 atom stereocenters. The van der Waals surface area contributed by atoms with Crippen LogP contribution < -0.4 is 4.90 Å². The molecule has 1 saturated heterocycles. The number of aromatic nitrogens is 1. The number of nitrogens with zero attached hydrogens (tertiary/aromatic N) is 2. The standard InChI is InChI=1S/C14H14N2O3/c17-10-7-12(14(18)19)16(8-10)13-11-4-2-1-3-9(11)5-6-15-13/h1-6,10,12,17H,7-8H2,(H,18,19). The Bertz CT molecular complexity index is 624. The summed E-state index contributed by atoms with van der Waals surface area (Å²) in [4.78, 5) is 17.3. The van der Waals surface area contributed by atoms with Crippen molar-refractivity contribution < 1.29 is 15.0 Å². The number of carboxylic acids is 1. The van der Waals surface area contributed by atoms with Crippen LogP contribution in [-0.4, -0.2) is 39.9 Å². The van der Waals surface area contributed by atoms with Gasteiger partial charge in [-0.3, -0.25) is 0 Å². The van der Waals surface area contributed by atoms with Gasteiger partial charge in [-0.15, -0.1) is 0 Å². The van der Waals surface area contributed by atoms with Gasteiger partial charge in [-0.25, -0.2) is 9.78 Å². The van der Waals surface area contributed by atoms with Gasteiger partial charge in [0.15, 0.2) is 0 Å². The molecule has 1 aromatic heterocycles. The predicted octanol–water partition coefficient (Wildman–Crippen LogP) is 1.26. The summed E-state index contributed by atoms with van der Waals surface area (Å²) in [6, 6.07) is 8.88. The molecule has 0 bridgehead atoms. The summed E-state index contributed by atoms with van der Waals surface area (Å²) in [5, 5.41) is 20.9. The van der Waals surface area contributed by atoms with E-state index in [4.69, 9.17) is 0 Å². The molecule has 0 amide bonds. The van der Waals surface area contributed by atoms with Crippen LogP contribution in [0.3, 0.4) is 0 Å². The van der Waals surface area contributed by atoms with Crippen LogP contribution >= 0.6 is 0 Å². The van der Waals surface area contributed by atoms with Crippen molar-refractivity contribution in [3.8, 4) is 0 Å². The van der Waals surface area contributed by atoms with Gasteiger partial charge >= 0.3 is 5.97 Å². The zero-order chi connectivity index (χ0) is 13.4. The Kier molecular flexibility index (Phi) is 2.83. The molecule has 2 aromatic rings. The summed E-state index contributed by atoms with van der Waals surface area (Å²) in [5.74, 6) is -0.298. The molecular weight excluding hydrogens is 244 g/mol. The van der Waals surface area contributed by atoms with Crippen molar-refractivity contribution in [1.82, 2.24) is 4.98 Å². The molecule has 0 aliphatic carbocycles. The highest BCUT2D eigenvalue weighted by molar-refractivity contribution is 5.94. The van der Waals surface area contributed by atoms with E-state index in [0.717, 1.165) is 10.8 Å². The molecular formula is C14H14N2O3. The summed E-state index contributed by atoms with van der Waals surface area (Å²) < 4.78 is 0. The third-order valence-corrected chi connectivity index (χ3v) is 3.49. The molecule has 0 spiro atoms. The van der Waals surface area contributed by atoms with E-state index >= 15 is 0 Å². The molecule has 1 aliphatic heterocycles.